The van der Waals surface area contributed by atoms with Gasteiger partial charge in [-0.2, -0.15) is 0 Å². The van der Waals surface area contributed by atoms with Crippen LogP contribution in [-0.2, 0) is 16.1 Å². The van der Waals surface area contributed by atoms with Crippen molar-refractivity contribution < 1.29 is 9.59 Å². The van der Waals surface area contributed by atoms with Crippen molar-refractivity contribution in [3.05, 3.63) is 52.0 Å². The lowest BCUT2D eigenvalue weighted by atomic mass is 10.1. The Kier molecular flexibility index (Phi) is 5.48. The number of hydrogen-bond acceptors (Lipinski definition) is 4. The fourth-order valence-corrected chi connectivity index (χ4v) is 3.84. The van der Waals surface area contributed by atoms with Gasteiger partial charge in [0.25, 0.3) is 0 Å². The Bertz CT molecular complexity index is 744. The molecule has 0 radical (unpaired) electrons. The van der Waals surface area contributed by atoms with E-state index in [0.717, 1.165) is 16.3 Å². The van der Waals surface area contributed by atoms with Crippen LogP contribution in [0.15, 0.2) is 35.7 Å². The molecule has 1 aliphatic rings. The van der Waals surface area contributed by atoms with E-state index >= 15 is 0 Å². The van der Waals surface area contributed by atoms with Gasteiger partial charge in [-0.3, -0.25) is 9.59 Å². The van der Waals surface area contributed by atoms with Gasteiger partial charge in [-0.1, -0.05) is 37.3 Å². The van der Waals surface area contributed by atoms with Crippen LogP contribution >= 0.6 is 11.3 Å². The van der Waals surface area contributed by atoms with Gasteiger partial charge in [-0.05, 0) is 12.5 Å². The van der Waals surface area contributed by atoms with E-state index in [1.54, 1.807) is 16.2 Å². The molecule has 2 aromatic rings. The first kappa shape index (κ1) is 17.6. The summed E-state index contributed by atoms with van der Waals surface area (Å²) in [6.07, 6.45) is 0.295. The lowest BCUT2D eigenvalue weighted by molar-refractivity contribution is -0.129. The molecule has 1 N–H and O–H groups in total. The molecule has 2 heterocycles. The van der Waals surface area contributed by atoms with E-state index in [-0.39, 0.29) is 23.7 Å². The molecule has 0 spiro atoms. The first-order valence-corrected chi connectivity index (χ1v) is 9.42. The van der Waals surface area contributed by atoms with Crippen LogP contribution in [0.2, 0.25) is 0 Å². The van der Waals surface area contributed by atoms with Gasteiger partial charge < -0.3 is 10.2 Å². The molecule has 1 saturated heterocycles. The summed E-state index contributed by atoms with van der Waals surface area (Å²) < 4.78 is 0. The zero-order valence-electron chi connectivity index (χ0n) is 14.6. The third-order valence-electron chi connectivity index (χ3n) is 4.44. The molecule has 0 saturated carbocycles. The van der Waals surface area contributed by atoms with E-state index < -0.39 is 0 Å². The molecule has 5 nitrogen and oxygen atoms in total. The van der Waals surface area contributed by atoms with Crippen LogP contribution in [0.3, 0.4) is 0 Å². The smallest absolute Gasteiger partial charge is 0.225 e. The Morgan fingerprint density at radius 1 is 1.40 bits per heavy atom. The number of carbonyl (C=O) groups is 2. The summed E-state index contributed by atoms with van der Waals surface area (Å²) in [7, 11) is 0. The Morgan fingerprint density at radius 3 is 2.84 bits per heavy atom. The van der Waals surface area contributed by atoms with Gasteiger partial charge in [-0.15, -0.1) is 11.3 Å². The average Bonchev–Trinajstić information content (AvgIpc) is 3.20. The molecule has 2 amide bonds. The number of aryl methyl sites for hydroxylation is 1. The predicted molar refractivity (Wildman–Crippen MR) is 98.2 cm³/mol. The van der Waals surface area contributed by atoms with Gasteiger partial charge in [0.2, 0.25) is 11.8 Å². The number of likely N-dealkylation sites (tertiary alicyclic amines) is 1. The highest BCUT2D eigenvalue weighted by atomic mass is 32.1. The Balaban J connectivity index is 1.50. The summed E-state index contributed by atoms with van der Waals surface area (Å²) in [5.74, 6) is -0.0711. The standard InChI is InChI=1S/C19H23N3O2S/c1-13(19-21-14(2)12-25-19)9-20-18(24)16-8-17(23)22(11-16)10-15-6-4-3-5-7-15/h3-7,12-13,16H,8-11H2,1-2H3,(H,20,24)/t13-,16-/m0/s1. The van der Waals surface area contributed by atoms with Crippen LogP contribution in [0.5, 0.6) is 0 Å². The highest BCUT2D eigenvalue weighted by Gasteiger charge is 2.34. The quantitative estimate of drug-likeness (QED) is 0.865. The molecule has 132 valence electrons. The largest absolute Gasteiger partial charge is 0.355 e. The third kappa shape index (κ3) is 4.45. The van der Waals surface area contributed by atoms with Gasteiger partial charge in [0, 0.05) is 43.0 Å². The van der Waals surface area contributed by atoms with Crippen molar-refractivity contribution in [2.45, 2.75) is 32.7 Å². The van der Waals surface area contributed by atoms with Crippen molar-refractivity contribution in [1.29, 1.82) is 0 Å². The second-order valence-corrected chi connectivity index (χ2v) is 7.52. The number of rotatable bonds is 6. The molecule has 1 aliphatic heterocycles. The highest BCUT2D eigenvalue weighted by Crippen LogP contribution is 2.22. The van der Waals surface area contributed by atoms with Crippen molar-refractivity contribution in [2.75, 3.05) is 13.1 Å². The fraction of sp³-hybridized carbons (Fsp3) is 0.421. The number of nitrogens with zero attached hydrogens (tertiary/aromatic N) is 2. The molecule has 0 unspecified atom stereocenters. The lowest BCUT2D eigenvalue weighted by Gasteiger charge is -2.17. The topological polar surface area (TPSA) is 62.3 Å². The molecule has 0 aliphatic carbocycles. The molecule has 6 heteroatoms. The SMILES string of the molecule is Cc1csc([C@@H](C)CNC(=O)[C@H]2CC(=O)N(Cc3ccccc3)C2)n1. The molecule has 1 aromatic heterocycles. The van der Waals surface area contributed by atoms with Crippen molar-refractivity contribution >= 4 is 23.2 Å². The number of benzene rings is 1. The summed E-state index contributed by atoms with van der Waals surface area (Å²) in [6, 6.07) is 9.87. The van der Waals surface area contributed by atoms with Gasteiger partial charge in [-0.25, -0.2) is 4.98 Å². The molecule has 2 atom stereocenters. The monoisotopic (exact) mass is 357 g/mol. The average molecular weight is 357 g/mol. The minimum atomic E-state index is -0.263. The van der Waals surface area contributed by atoms with Gasteiger partial charge in [0.15, 0.2) is 0 Å². The van der Waals surface area contributed by atoms with Crippen molar-refractivity contribution in [3.63, 3.8) is 0 Å². The Labute approximate surface area is 152 Å². The van der Waals surface area contributed by atoms with Crippen molar-refractivity contribution in [2.24, 2.45) is 5.92 Å². The van der Waals surface area contributed by atoms with Crippen LogP contribution in [-0.4, -0.2) is 34.8 Å². The first-order chi connectivity index (χ1) is 12.0. The summed E-state index contributed by atoms with van der Waals surface area (Å²) in [5.41, 5.74) is 2.10. The van der Waals surface area contributed by atoms with Crippen LogP contribution in [0, 0.1) is 12.8 Å². The zero-order chi connectivity index (χ0) is 17.8. The van der Waals surface area contributed by atoms with Gasteiger partial charge >= 0.3 is 0 Å². The fourth-order valence-electron chi connectivity index (χ4n) is 2.99. The normalized spacial score (nSPS) is 18.4. The van der Waals surface area contributed by atoms with Gasteiger partial charge in [0.05, 0.1) is 10.9 Å². The zero-order valence-corrected chi connectivity index (χ0v) is 15.4. The third-order valence-corrected chi connectivity index (χ3v) is 5.64. The summed E-state index contributed by atoms with van der Waals surface area (Å²) >= 11 is 1.62. The maximum absolute atomic E-state index is 12.4. The number of aromatic nitrogens is 1. The predicted octanol–water partition coefficient (Wildman–Crippen LogP) is 2.72. The van der Waals surface area contributed by atoms with E-state index in [0.29, 0.717) is 26.1 Å². The number of nitrogens with one attached hydrogen (secondary N) is 1. The number of thiazole rings is 1. The number of hydrogen-bond donors (Lipinski definition) is 1. The molecule has 25 heavy (non-hydrogen) atoms. The Hall–Kier alpha value is -2.21. The van der Waals surface area contributed by atoms with Crippen LogP contribution in [0.1, 0.15) is 35.5 Å². The van der Waals surface area contributed by atoms with E-state index in [1.165, 1.54) is 0 Å². The molecule has 3 rings (SSSR count). The van der Waals surface area contributed by atoms with Crippen molar-refractivity contribution in [3.8, 4) is 0 Å². The maximum atomic E-state index is 12.4. The lowest BCUT2D eigenvalue weighted by Crippen LogP contribution is -2.34. The highest BCUT2D eigenvalue weighted by molar-refractivity contribution is 7.09. The van der Waals surface area contributed by atoms with E-state index in [9.17, 15) is 9.59 Å². The van der Waals surface area contributed by atoms with Crippen LogP contribution < -0.4 is 5.32 Å². The number of carbonyl (C=O) groups excluding carboxylic acids is 2. The van der Waals surface area contributed by atoms with Crippen LogP contribution in [0.25, 0.3) is 0 Å². The van der Waals surface area contributed by atoms with E-state index in [2.05, 4.69) is 17.2 Å². The van der Waals surface area contributed by atoms with Gasteiger partial charge in [0.1, 0.15) is 0 Å². The molecular weight excluding hydrogens is 334 g/mol. The first-order valence-electron chi connectivity index (χ1n) is 8.54. The van der Waals surface area contributed by atoms with Crippen molar-refractivity contribution in [1.82, 2.24) is 15.2 Å². The summed E-state index contributed by atoms with van der Waals surface area (Å²) in [5, 5.41) is 6.04. The van der Waals surface area contributed by atoms with E-state index in [4.69, 9.17) is 0 Å². The second kappa shape index (κ2) is 7.78. The minimum Gasteiger partial charge on any atom is -0.355 e. The second-order valence-electron chi connectivity index (χ2n) is 6.63. The Morgan fingerprint density at radius 2 is 2.16 bits per heavy atom. The van der Waals surface area contributed by atoms with E-state index in [1.807, 2.05) is 42.6 Å². The summed E-state index contributed by atoms with van der Waals surface area (Å²) in [4.78, 5) is 30.8. The molecule has 1 fully saturated rings. The summed E-state index contributed by atoms with van der Waals surface area (Å²) in [6.45, 7) is 5.63. The maximum Gasteiger partial charge on any atom is 0.225 e. The molecule has 0 bridgehead atoms. The molecule has 1 aromatic carbocycles. The van der Waals surface area contributed by atoms with Crippen LogP contribution in [0.4, 0.5) is 0 Å². The number of amides is 2. The molecular formula is C19H23N3O2S. The minimum absolute atomic E-state index is 0.0379.